The number of aldehydes is 1. The van der Waals surface area contributed by atoms with E-state index in [9.17, 15) is 18.8 Å². The van der Waals surface area contributed by atoms with Crippen LogP contribution < -0.4 is 21.3 Å². The minimum Gasteiger partial charge on any atom is -0.346 e. The van der Waals surface area contributed by atoms with Crippen molar-refractivity contribution in [3.05, 3.63) is 76.4 Å². The third-order valence-electron chi connectivity index (χ3n) is 5.67. The summed E-state index contributed by atoms with van der Waals surface area (Å²) < 4.78 is 14.7. The highest BCUT2D eigenvalue weighted by atomic mass is 32.1. The lowest BCUT2D eigenvalue weighted by molar-refractivity contribution is -0.131. The van der Waals surface area contributed by atoms with Crippen LogP contribution in [0.15, 0.2) is 53.9 Å². The lowest BCUT2D eigenvalue weighted by Crippen LogP contribution is -2.36. The van der Waals surface area contributed by atoms with E-state index < -0.39 is 11.4 Å². The summed E-state index contributed by atoms with van der Waals surface area (Å²) in [4.78, 5) is 35.8. The summed E-state index contributed by atoms with van der Waals surface area (Å²) in [6.45, 7) is 0.729. The Kier molecular flexibility index (Phi) is 9.49. The SMILES string of the molecule is C#CCNC.O=CC(=O)NCc1ccccc1C(=O)NC1(c2cc(F)c(P)c(-c3cccs3)c2)CC1. The second-order valence-electron chi connectivity index (χ2n) is 8.16. The molecule has 2 aromatic carbocycles. The number of carbonyl (C=O) groups is 3. The molecule has 186 valence electrons. The first kappa shape index (κ1) is 27.2. The van der Waals surface area contributed by atoms with Gasteiger partial charge in [0.05, 0.1) is 12.1 Å². The molecule has 36 heavy (non-hydrogen) atoms. The number of terminal acetylenes is 1. The van der Waals surface area contributed by atoms with Crippen LogP contribution >= 0.6 is 20.6 Å². The number of nitrogens with one attached hydrogen (secondary N) is 3. The van der Waals surface area contributed by atoms with E-state index in [1.165, 1.54) is 17.4 Å². The van der Waals surface area contributed by atoms with Crippen molar-refractivity contribution in [1.82, 2.24) is 16.0 Å². The van der Waals surface area contributed by atoms with Gasteiger partial charge in [-0.2, -0.15) is 0 Å². The van der Waals surface area contributed by atoms with Gasteiger partial charge in [-0.05, 0) is 60.7 Å². The minimum absolute atomic E-state index is 0.0626. The van der Waals surface area contributed by atoms with Crippen LogP contribution in [0.3, 0.4) is 0 Å². The summed E-state index contributed by atoms with van der Waals surface area (Å²) in [7, 11) is 4.28. The van der Waals surface area contributed by atoms with Gasteiger partial charge in [-0.3, -0.25) is 14.4 Å². The van der Waals surface area contributed by atoms with Crippen molar-refractivity contribution in [2.75, 3.05) is 13.6 Å². The standard InChI is InChI=1S/C23H20FN2O3PS.C4H7N/c24-18-11-15(10-17(21(18)30)19-6-3-9-31-19)23(7-8-23)26-22(29)16-5-2-1-4-14(16)12-25-20(28)13-27;1-3-4-5-2/h1-6,9-11,13H,7-8,12,30H2,(H,25,28)(H,26,29);1,5H,4H2,2H3. The Balaban J connectivity index is 0.000000658. The van der Waals surface area contributed by atoms with Crippen molar-refractivity contribution in [2.45, 2.75) is 24.9 Å². The minimum atomic E-state index is -0.747. The Hall–Kier alpha value is -3.37. The number of carbonyl (C=O) groups excluding carboxylic acids is 3. The number of hydrogen-bond acceptors (Lipinski definition) is 5. The van der Waals surface area contributed by atoms with Gasteiger partial charge in [-0.15, -0.1) is 27.0 Å². The normalized spacial score (nSPS) is 12.9. The Morgan fingerprint density at radius 1 is 1.22 bits per heavy atom. The van der Waals surface area contributed by atoms with Crippen LogP contribution in [0.1, 0.15) is 34.3 Å². The van der Waals surface area contributed by atoms with Gasteiger partial charge in [0.15, 0.2) is 0 Å². The summed E-state index contributed by atoms with van der Waals surface area (Å²) in [5.74, 6) is 1.02. The van der Waals surface area contributed by atoms with Crippen LogP contribution in [0.4, 0.5) is 4.39 Å². The van der Waals surface area contributed by atoms with E-state index in [-0.39, 0.29) is 24.6 Å². The van der Waals surface area contributed by atoms with Crippen molar-refractivity contribution in [3.63, 3.8) is 0 Å². The molecule has 4 rings (SSSR count). The molecular formula is C27H27FN3O3PS. The fraction of sp³-hybridized carbons (Fsp3) is 0.222. The summed E-state index contributed by atoms with van der Waals surface area (Å²) >= 11 is 1.53. The maximum atomic E-state index is 14.7. The van der Waals surface area contributed by atoms with Crippen molar-refractivity contribution < 1.29 is 18.8 Å². The second-order valence-corrected chi connectivity index (χ2v) is 9.69. The lowest BCUT2D eigenvalue weighted by atomic mass is 9.99. The highest BCUT2D eigenvalue weighted by Crippen LogP contribution is 2.47. The smallest absolute Gasteiger partial charge is 0.284 e. The Labute approximate surface area is 216 Å². The zero-order valence-electron chi connectivity index (χ0n) is 19.8. The van der Waals surface area contributed by atoms with E-state index >= 15 is 0 Å². The van der Waals surface area contributed by atoms with Gasteiger partial charge >= 0.3 is 0 Å². The molecule has 0 radical (unpaired) electrons. The largest absolute Gasteiger partial charge is 0.346 e. The maximum Gasteiger partial charge on any atom is 0.284 e. The molecule has 1 fully saturated rings. The molecule has 0 spiro atoms. The van der Waals surface area contributed by atoms with Crippen LogP contribution in [0.5, 0.6) is 0 Å². The number of thiophene rings is 1. The molecule has 1 heterocycles. The zero-order chi connectivity index (χ0) is 26.1. The predicted octanol–water partition coefficient (Wildman–Crippen LogP) is 3.13. The molecule has 0 saturated heterocycles. The van der Waals surface area contributed by atoms with E-state index in [2.05, 4.69) is 31.1 Å². The van der Waals surface area contributed by atoms with Gasteiger partial charge in [0, 0.05) is 27.9 Å². The average Bonchev–Trinajstić information content (AvgIpc) is 3.45. The number of rotatable bonds is 8. The summed E-state index contributed by atoms with van der Waals surface area (Å²) in [5, 5.41) is 10.8. The first-order valence-corrected chi connectivity index (χ1v) is 12.7. The molecule has 9 heteroatoms. The van der Waals surface area contributed by atoms with Crippen molar-refractivity contribution in [1.29, 1.82) is 0 Å². The second kappa shape index (κ2) is 12.5. The fourth-order valence-corrected chi connectivity index (χ4v) is 4.83. The number of benzene rings is 2. The van der Waals surface area contributed by atoms with Crippen LogP contribution in [0.2, 0.25) is 0 Å². The Morgan fingerprint density at radius 2 is 1.97 bits per heavy atom. The Morgan fingerprint density at radius 3 is 2.56 bits per heavy atom. The summed E-state index contributed by atoms with van der Waals surface area (Å²) in [5.41, 5.74) is 1.91. The first-order valence-electron chi connectivity index (χ1n) is 11.2. The van der Waals surface area contributed by atoms with E-state index in [4.69, 9.17) is 6.42 Å². The van der Waals surface area contributed by atoms with Gasteiger partial charge in [0.25, 0.3) is 11.8 Å². The molecule has 0 bridgehead atoms. The molecule has 6 nitrogen and oxygen atoms in total. The molecule has 1 aromatic heterocycles. The van der Waals surface area contributed by atoms with Gasteiger partial charge < -0.3 is 16.0 Å². The molecule has 0 aliphatic heterocycles. The van der Waals surface area contributed by atoms with E-state index in [1.807, 2.05) is 30.6 Å². The lowest BCUT2D eigenvalue weighted by Gasteiger charge is -2.21. The maximum absolute atomic E-state index is 14.7. The molecule has 3 N–H and O–H groups in total. The van der Waals surface area contributed by atoms with Gasteiger partial charge in [-0.1, -0.05) is 30.2 Å². The third kappa shape index (κ3) is 6.64. The van der Waals surface area contributed by atoms with E-state index in [0.717, 1.165) is 16.0 Å². The molecular weight excluding hydrogens is 496 g/mol. The van der Waals surface area contributed by atoms with Gasteiger partial charge in [0.1, 0.15) is 5.82 Å². The van der Waals surface area contributed by atoms with Crippen LogP contribution in [0.25, 0.3) is 10.4 Å². The summed E-state index contributed by atoms with van der Waals surface area (Å²) in [6.07, 6.45) is 6.44. The van der Waals surface area contributed by atoms with Crippen LogP contribution in [0, 0.1) is 18.2 Å². The first-order chi connectivity index (χ1) is 17.3. The number of halogens is 1. The number of hydrogen-bond donors (Lipinski definition) is 3. The predicted molar refractivity (Wildman–Crippen MR) is 145 cm³/mol. The van der Waals surface area contributed by atoms with Crippen molar-refractivity contribution in [3.8, 4) is 22.8 Å². The van der Waals surface area contributed by atoms with E-state index in [1.54, 1.807) is 24.3 Å². The van der Waals surface area contributed by atoms with Gasteiger partial charge in [0.2, 0.25) is 6.29 Å². The molecule has 1 saturated carbocycles. The zero-order valence-corrected chi connectivity index (χ0v) is 21.7. The highest BCUT2D eigenvalue weighted by Gasteiger charge is 2.46. The molecule has 1 aliphatic rings. The average molecular weight is 524 g/mol. The molecule has 1 atom stereocenters. The third-order valence-corrected chi connectivity index (χ3v) is 7.16. The van der Waals surface area contributed by atoms with Crippen LogP contribution in [-0.2, 0) is 21.7 Å². The molecule has 1 aliphatic carbocycles. The Bertz CT molecular complexity index is 1280. The molecule has 1 unspecified atom stereocenters. The van der Waals surface area contributed by atoms with Gasteiger partial charge in [-0.25, -0.2) is 4.39 Å². The number of amides is 2. The topological polar surface area (TPSA) is 87.3 Å². The fourth-order valence-electron chi connectivity index (χ4n) is 3.65. The van der Waals surface area contributed by atoms with E-state index in [0.29, 0.717) is 35.8 Å². The van der Waals surface area contributed by atoms with Crippen molar-refractivity contribution >= 4 is 44.0 Å². The molecule has 2 amide bonds. The van der Waals surface area contributed by atoms with Crippen LogP contribution in [-0.4, -0.2) is 31.7 Å². The highest BCUT2D eigenvalue weighted by molar-refractivity contribution is 7.28. The van der Waals surface area contributed by atoms with Crippen molar-refractivity contribution in [2.24, 2.45) is 0 Å². The monoisotopic (exact) mass is 523 g/mol. The summed E-state index contributed by atoms with van der Waals surface area (Å²) in [6, 6.07) is 14.2. The molecule has 3 aromatic rings. The quantitative estimate of drug-likeness (QED) is 0.183.